The molecule has 2 rings (SSSR count). The summed E-state index contributed by atoms with van der Waals surface area (Å²) in [4.78, 5) is 0. The Morgan fingerprint density at radius 3 is 2.56 bits per heavy atom. The SMILES string of the molecule is CCc1cccc(C2(CN)CCC2)c1OC. The largest absolute Gasteiger partial charge is 0.496 e. The lowest BCUT2D eigenvalue weighted by Gasteiger charge is -2.42. The highest BCUT2D eigenvalue weighted by Crippen LogP contribution is 2.47. The topological polar surface area (TPSA) is 35.2 Å². The van der Waals surface area contributed by atoms with Crippen LogP contribution in [-0.4, -0.2) is 13.7 Å². The molecule has 1 aromatic rings. The van der Waals surface area contributed by atoms with Crippen molar-refractivity contribution in [3.05, 3.63) is 29.3 Å². The Labute approximate surface area is 97.8 Å². The second-order valence-corrected chi connectivity index (χ2v) is 4.69. The van der Waals surface area contributed by atoms with E-state index in [1.54, 1.807) is 7.11 Å². The normalized spacial score (nSPS) is 17.9. The van der Waals surface area contributed by atoms with Crippen LogP contribution in [0.1, 0.15) is 37.3 Å². The van der Waals surface area contributed by atoms with Gasteiger partial charge >= 0.3 is 0 Å². The van der Waals surface area contributed by atoms with Crippen LogP contribution in [0.4, 0.5) is 0 Å². The Morgan fingerprint density at radius 1 is 1.38 bits per heavy atom. The Morgan fingerprint density at radius 2 is 2.12 bits per heavy atom. The average molecular weight is 219 g/mol. The van der Waals surface area contributed by atoms with Crippen molar-refractivity contribution in [1.29, 1.82) is 0 Å². The molecule has 1 fully saturated rings. The minimum atomic E-state index is 0.191. The molecule has 0 spiro atoms. The molecule has 0 amide bonds. The Hall–Kier alpha value is -1.02. The molecule has 1 aromatic carbocycles. The fraction of sp³-hybridized carbons (Fsp3) is 0.571. The highest BCUT2D eigenvalue weighted by atomic mass is 16.5. The van der Waals surface area contributed by atoms with Gasteiger partial charge in [-0.1, -0.05) is 31.5 Å². The number of hydrogen-bond acceptors (Lipinski definition) is 2. The van der Waals surface area contributed by atoms with Crippen molar-refractivity contribution in [2.75, 3.05) is 13.7 Å². The molecule has 2 heteroatoms. The molecule has 0 heterocycles. The first-order valence-electron chi connectivity index (χ1n) is 6.14. The maximum Gasteiger partial charge on any atom is 0.125 e. The van der Waals surface area contributed by atoms with Crippen molar-refractivity contribution in [2.45, 2.75) is 38.0 Å². The average Bonchev–Trinajstić information content (AvgIpc) is 2.28. The van der Waals surface area contributed by atoms with Gasteiger partial charge in [0.05, 0.1) is 7.11 Å². The molecular formula is C14H21NO. The molecule has 0 aliphatic heterocycles. The van der Waals surface area contributed by atoms with Gasteiger partial charge in [0.25, 0.3) is 0 Å². The summed E-state index contributed by atoms with van der Waals surface area (Å²) >= 11 is 0. The summed E-state index contributed by atoms with van der Waals surface area (Å²) in [6.45, 7) is 2.90. The molecule has 1 saturated carbocycles. The van der Waals surface area contributed by atoms with Gasteiger partial charge in [-0.2, -0.15) is 0 Å². The summed E-state index contributed by atoms with van der Waals surface area (Å²) < 4.78 is 5.60. The van der Waals surface area contributed by atoms with E-state index in [-0.39, 0.29) is 5.41 Å². The number of ether oxygens (including phenoxy) is 1. The third-order valence-electron chi connectivity index (χ3n) is 3.95. The molecule has 0 bridgehead atoms. The fourth-order valence-electron chi connectivity index (χ4n) is 2.71. The third kappa shape index (κ3) is 1.61. The summed E-state index contributed by atoms with van der Waals surface area (Å²) in [7, 11) is 1.76. The number of benzene rings is 1. The zero-order valence-corrected chi connectivity index (χ0v) is 10.3. The van der Waals surface area contributed by atoms with Crippen molar-refractivity contribution in [3.8, 4) is 5.75 Å². The van der Waals surface area contributed by atoms with Crippen LogP contribution < -0.4 is 10.5 Å². The molecule has 16 heavy (non-hydrogen) atoms. The number of aryl methyl sites for hydroxylation is 1. The molecular weight excluding hydrogens is 198 g/mol. The van der Waals surface area contributed by atoms with Gasteiger partial charge in [-0.15, -0.1) is 0 Å². The first-order chi connectivity index (χ1) is 7.77. The molecule has 0 aromatic heterocycles. The number of para-hydroxylation sites is 1. The third-order valence-corrected chi connectivity index (χ3v) is 3.95. The van der Waals surface area contributed by atoms with Crippen LogP contribution in [0.2, 0.25) is 0 Å². The van der Waals surface area contributed by atoms with Gasteiger partial charge in [0, 0.05) is 17.5 Å². The minimum Gasteiger partial charge on any atom is -0.496 e. The quantitative estimate of drug-likeness (QED) is 0.845. The van der Waals surface area contributed by atoms with E-state index in [9.17, 15) is 0 Å². The first kappa shape index (κ1) is 11.5. The summed E-state index contributed by atoms with van der Waals surface area (Å²) in [5.74, 6) is 1.06. The van der Waals surface area contributed by atoms with Crippen molar-refractivity contribution in [2.24, 2.45) is 5.73 Å². The lowest BCUT2D eigenvalue weighted by Crippen LogP contribution is -2.41. The van der Waals surface area contributed by atoms with Crippen LogP contribution in [0.5, 0.6) is 5.75 Å². The number of methoxy groups -OCH3 is 1. The Bertz CT molecular complexity index is 363. The minimum absolute atomic E-state index is 0.191. The van der Waals surface area contributed by atoms with E-state index >= 15 is 0 Å². The van der Waals surface area contributed by atoms with E-state index in [0.717, 1.165) is 18.7 Å². The molecule has 2 nitrogen and oxygen atoms in total. The zero-order chi connectivity index (χ0) is 11.6. The van der Waals surface area contributed by atoms with Gasteiger partial charge in [0.15, 0.2) is 0 Å². The van der Waals surface area contributed by atoms with Crippen LogP contribution in [0.3, 0.4) is 0 Å². The van der Waals surface area contributed by atoms with Crippen molar-refractivity contribution in [1.82, 2.24) is 0 Å². The number of rotatable bonds is 4. The highest BCUT2D eigenvalue weighted by molar-refractivity contribution is 5.47. The predicted octanol–water partition coefficient (Wildman–Crippen LogP) is 2.64. The molecule has 1 aliphatic carbocycles. The Balaban J connectivity index is 2.47. The smallest absolute Gasteiger partial charge is 0.125 e. The molecule has 0 unspecified atom stereocenters. The highest BCUT2D eigenvalue weighted by Gasteiger charge is 2.39. The van der Waals surface area contributed by atoms with Crippen molar-refractivity contribution >= 4 is 0 Å². The van der Waals surface area contributed by atoms with Crippen LogP contribution >= 0.6 is 0 Å². The maximum absolute atomic E-state index is 5.96. The van der Waals surface area contributed by atoms with Crippen molar-refractivity contribution < 1.29 is 4.74 Å². The standard InChI is InChI=1S/C14H21NO/c1-3-11-6-4-7-12(13(11)16-2)14(10-15)8-5-9-14/h4,6-7H,3,5,8-10,15H2,1-2H3. The van der Waals surface area contributed by atoms with E-state index in [2.05, 4.69) is 25.1 Å². The van der Waals surface area contributed by atoms with Gasteiger partial charge < -0.3 is 10.5 Å². The van der Waals surface area contributed by atoms with Crippen LogP contribution in [0.25, 0.3) is 0 Å². The van der Waals surface area contributed by atoms with Crippen LogP contribution in [-0.2, 0) is 11.8 Å². The second kappa shape index (κ2) is 4.46. The maximum atomic E-state index is 5.96. The van der Waals surface area contributed by atoms with E-state index < -0.39 is 0 Å². The molecule has 1 aliphatic rings. The van der Waals surface area contributed by atoms with E-state index in [0.29, 0.717) is 0 Å². The second-order valence-electron chi connectivity index (χ2n) is 4.69. The molecule has 0 atom stereocenters. The summed E-state index contributed by atoms with van der Waals surface area (Å²) in [6, 6.07) is 6.46. The molecule has 0 saturated heterocycles. The lowest BCUT2D eigenvalue weighted by molar-refractivity contribution is 0.243. The fourth-order valence-corrected chi connectivity index (χ4v) is 2.71. The summed E-state index contributed by atoms with van der Waals surface area (Å²) in [5.41, 5.74) is 8.77. The van der Waals surface area contributed by atoms with Gasteiger partial charge in [0.2, 0.25) is 0 Å². The number of nitrogens with two attached hydrogens (primary N) is 1. The van der Waals surface area contributed by atoms with E-state index in [1.165, 1.54) is 30.4 Å². The van der Waals surface area contributed by atoms with Gasteiger partial charge in [-0.3, -0.25) is 0 Å². The van der Waals surface area contributed by atoms with Gasteiger partial charge in [-0.25, -0.2) is 0 Å². The van der Waals surface area contributed by atoms with Crippen molar-refractivity contribution in [3.63, 3.8) is 0 Å². The molecule has 2 N–H and O–H groups in total. The summed E-state index contributed by atoms with van der Waals surface area (Å²) in [6.07, 6.45) is 4.70. The molecule has 88 valence electrons. The zero-order valence-electron chi connectivity index (χ0n) is 10.3. The Kier molecular flexibility index (Phi) is 3.20. The van der Waals surface area contributed by atoms with Crippen LogP contribution in [0, 0.1) is 0 Å². The van der Waals surface area contributed by atoms with Gasteiger partial charge in [-0.05, 0) is 24.8 Å². The number of hydrogen-bond donors (Lipinski definition) is 1. The summed E-state index contributed by atoms with van der Waals surface area (Å²) in [5, 5.41) is 0. The lowest BCUT2D eigenvalue weighted by atomic mass is 9.64. The first-order valence-corrected chi connectivity index (χ1v) is 6.14. The predicted molar refractivity (Wildman–Crippen MR) is 67.0 cm³/mol. The van der Waals surface area contributed by atoms with E-state index in [4.69, 9.17) is 10.5 Å². The van der Waals surface area contributed by atoms with Crippen LogP contribution in [0.15, 0.2) is 18.2 Å². The molecule has 0 radical (unpaired) electrons. The van der Waals surface area contributed by atoms with E-state index in [1.807, 2.05) is 0 Å². The van der Waals surface area contributed by atoms with Gasteiger partial charge in [0.1, 0.15) is 5.75 Å². The monoisotopic (exact) mass is 219 g/mol.